The van der Waals surface area contributed by atoms with Crippen LogP contribution in [-0.2, 0) is 16.6 Å². The van der Waals surface area contributed by atoms with E-state index in [1.165, 1.54) is 12.1 Å². The van der Waals surface area contributed by atoms with E-state index >= 15 is 0 Å². The van der Waals surface area contributed by atoms with Crippen LogP contribution < -0.4 is 0 Å². The minimum absolute atomic E-state index is 0.332. The Morgan fingerprint density at radius 1 is 1.44 bits per heavy atom. The van der Waals surface area contributed by atoms with Gasteiger partial charge in [-0.1, -0.05) is 19.4 Å². The highest BCUT2D eigenvalue weighted by Gasteiger charge is 2.46. The number of carbonyl (C=O) groups is 1. The summed E-state index contributed by atoms with van der Waals surface area (Å²) in [6.45, 7) is 1.94. The molecule has 2 nitrogen and oxygen atoms in total. The van der Waals surface area contributed by atoms with Crippen LogP contribution in [0.2, 0.25) is 0 Å². The van der Waals surface area contributed by atoms with Gasteiger partial charge in [-0.3, -0.25) is 4.79 Å². The van der Waals surface area contributed by atoms with E-state index in [0.717, 1.165) is 18.4 Å². The number of hydrogen-bond acceptors (Lipinski definition) is 1. The number of hydrogen-bond donors (Lipinski definition) is 1. The molecule has 1 N–H and O–H groups in total. The maximum Gasteiger partial charge on any atom is 0.314 e. The highest BCUT2D eigenvalue weighted by Crippen LogP contribution is 2.44. The van der Waals surface area contributed by atoms with Crippen molar-refractivity contribution in [3.63, 3.8) is 0 Å². The molecule has 0 saturated heterocycles. The standard InChI is InChI=1S/C13H15FO2/c1-2-9-6-10(8-11(14)7-9)13(12(15)16)4-3-5-13/h6-8H,2-5H2,1H3,(H,15,16). The molecule has 86 valence electrons. The van der Waals surface area contributed by atoms with Gasteiger partial charge in [0.2, 0.25) is 0 Å². The molecule has 0 spiro atoms. The van der Waals surface area contributed by atoms with E-state index < -0.39 is 11.4 Å². The third-order valence-corrected chi connectivity index (χ3v) is 3.53. The summed E-state index contributed by atoms with van der Waals surface area (Å²) in [5, 5.41) is 9.27. The lowest BCUT2D eigenvalue weighted by Gasteiger charge is -2.38. The van der Waals surface area contributed by atoms with Crippen LogP contribution in [0.5, 0.6) is 0 Å². The second kappa shape index (κ2) is 3.89. The Labute approximate surface area is 94.1 Å². The number of carboxylic acids is 1. The van der Waals surface area contributed by atoms with Crippen molar-refractivity contribution in [1.29, 1.82) is 0 Å². The van der Waals surface area contributed by atoms with Gasteiger partial charge in [-0.2, -0.15) is 0 Å². The first-order valence-corrected chi connectivity index (χ1v) is 5.62. The topological polar surface area (TPSA) is 37.3 Å². The van der Waals surface area contributed by atoms with Crippen LogP contribution in [0.15, 0.2) is 18.2 Å². The van der Waals surface area contributed by atoms with Gasteiger partial charge in [0.1, 0.15) is 5.82 Å². The fourth-order valence-electron chi connectivity index (χ4n) is 2.29. The molecule has 0 amide bonds. The number of rotatable bonds is 3. The molecule has 2 rings (SSSR count). The molecular weight excluding hydrogens is 207 g/mol. The largest absolute Gasteiger partial charge is 0.481 e. The third kappa shape index (κ3) is 1.60. The molecule has 0 unspecified atom stereocenters. The molecule has 16 heavy (non-hydrogen) atoms. The summed E-state index contributed by atoms with van der Waals surface area (Å²) in [7, 11) is 0. The zero-order chi connectivity index (χ0) is 11.8. The highest BCUT2D eigenvalue weighted by molar-refractivity contribution is 5.82. The Hall–Kier alpha value is -1.38. The van der Waals surface area contributed by atoms with Gasteiger partial charge in [0, 0.05) is 0 Å². The second-order valence-electron chi connectivity index (χ2n) is 4.44. The molecule has 1 aromatic carbocycles. The molecule has 1 aromatic rings. The van der Waals surface area contributed by atoms with Crippen molar-refractivity contribution >= 4 is 5.97 Å². The summed E-state index contributed by atoms with van der Waals surface area (Å²) in [6, 6.07) is 4.67. The zero-order valence-corrected chi connectivity index (χ0v) is 9.29. The molecule has 0 heterocycles. The fraction of sp³-hybridized carbons (Fsp3) is 0.462. The Kier molecular flexibility index (Phi) is 2.70. The fourth-order valence-corrected chi connectivity index (χ4v) is 2.29. The van der Waals surface area contributed by atoms with Crippen molar-refractivity contribution < 1.29 is 14.3 Å². The average Bonchev–Trinajstić information content (AvgIpc) is 2.14. The second-order valence-corrected chi connectivity index (χ2v) is 4.44. The van der Waals surface area contributed by atoms with Crippen LogP contribution in [0.25, 0.3) is 0 Å². The maximum atomic E-state index is 13.4. The summed E-state index contributed by atoms with van der Waals surface area (Å²) >= 11 is 0. The first-order chi connectivity index (χ1) is 7.58. The van der Waals surface area contributed by atoms with Gasteiger partial charge in [0.05, 0.1) is 5.41 Å². The Bertz CT molecular complexity index is 422. The predicted molar refractivity (Wildman–Crippen MR) is 58.9 cm³/mol. The molecule has 0 aliphatic heterocycles. The first-order valence-electron chi connectivity index (χ1n) is 5.62. The van der Waals surface area contributed by atoms with Crippen LogP contribution in [-0.4, -0.2) is 11.1 Å². The molecule has 1 fully saturated rings. The molecule has 0 aromatic heterocycles. The normalized spacial score (nSPS) is 17.9. The van der Waals surface area contributed by atoms with E-state index in [-0.39, 0.29) is 5.82 Å². The number of halogens is 1. The van der Waals surface area contributed by atoms with Gasteiger partial charge in [0.25, 0.3) is 0 Å². The van der Waals surface area contributed by atoms with Crippen LogP contribution in [0, 0.1) is 5.82 Å². The molecule has 3 heteroatoms. The molecule has 1 saturated carbocycles. The van der Waals surface area contributed by atoms with E-state index in [2.05, 4.69) is 0 Å². The number of aliphatic carboxylic acids is 1. The van der Waals surface area contributed by atoms with Crippen molar-refractivity contribution in [1.82, 2.24) is 0 Å². The summed E-state index contributed by atoms with van der Waals surface area (Å²) < 4.78 is 13.4. The van der Waals surface area contributed by atoms with Gasteiger partial charge in [0.15, 0.2) is 0 Å². The van der Waals surface area contributed by atoms with E-state index in [0.29, 0.717) is 18.4 Å². The number of aryl methyl sites for hydroxylation is 1. The van der Waals surface area contributed by atoms with Crippen molar-refractivity contribution in [3.05, 3.63) is 35.1 Å². The van der Waals surface area contributed by atoms with Gasteiger partial charge < -0.3 is 5.11 Å². The third-order valence-electron chi connectivity index (χ3n) is 3.53. The van der Waals surface area contributed by atoms with Gasteiger partial charge in [-0.05, 0) is 42.5 Å². The number of carboxylic acid groups (broad SMARTS) is 1. The minimum Gasteiger partial charge on any atom is -0.481 e. The van der Waals surface area contributed by atoms with Crippen LogP contribution >= 0.6 is 0 Å². The molecule has 1 aliphatic rings. The SMILES string of the molecule is CCc1cc(F)cc(C2(C(=O)O)CCC2)c1. The average molecular weight is 222 g/mol. The van der Waals surface area contributed by atoms with E-state index in [1.54, 1.807) is 0 Å². The summed E-state index contributed by atoms with van der Waals surface area (Å²) in [5.41, 5.74) is 0.664. The van der Waals surface area contributed by atoms with Crippen molar-refractivity contribution in [2.24, 2.45) is 0 Å². The van der Waals surface area contributed by atoms with E-state index in [4.69, 9.17) is 0 Å². The zero-order valence-electron chi connectivity index (χ0n) is 9.29. The van der Waals surface area contributed by atoms with Gasteiger partial charge in [-0.25, -0.2) is 4.39 Å². The van der Waals surface area contributed by atoms with E-state index in [1.807, 2.05) is 13.0 Å². The van der Waals surface area contributed by atoms with Crippen molar-refractivity contribution in [3.8, 4) is 0 Å². The van der Waals surface area contributed by atoms with Crippen molar-refractivity contribution in [2.75, 3.05) is 0 Å². The Morgan fingerprint density at radius 3 is 2.56 bits per heavy atom. The van der Waals surface area contributed by atoms with E-state index in [9.17, 15) is 14.3 Å². The molecule has 1 aliphatic carbocycles. The minimum atomic E-state index is -0.827. The molecule has 0 bridgehead atoms. The monoisotopic (exact) mass is 222 g/mol. The molecule has 0 radical (unpaired) electrons. The highest BCUT2D eigenvalue weighted by atomic mass is 19.1. The van der Waals surface area contributed by atoms with Gasteiger partial charge in [-0.15, -0.1) is 0 Å². The Balaban J connectivity index is 2.46. The maximum absolute atomic E-state index is 13.4. The number of benzene rings is 1. The lowest BCUT2D eigenvalue weighted by atomic mass is 9.64. The molecular formula is C13H15FO2. The summed E-state index contributed by atoms with van der Waals surface area (Å²) in [6.07, 6.45) is 2.87. The quantitative estimate of drug-likeness (QED) is 0.853. The van der Waals surface area contributed by atoms with Gasteiger partial charge >= 0.3 is 5.97 Å². The summed E-state index contributed by atoms with van der Waals surface area (Å²) in [4.78, 5) is 11.3. The van der Waals surface area contributed by atoms with Crippen LogP contribution in [0.1, 0.15) is 37.3 Å². The van der Waals surface area contributed by atoms with Crippen molar-refractivity contribution in [2.45, 2.75) is 38.0 Å². The lowest BCUT2D eigenvalue weighted by Crippen LogP contribution is -2.42. The first kappa shape index (κ1) is 11.1. The summed E-state index contributed by atoms with van der Waals surface area (Å²) in [5.74, 6) is -1.16. The molecule has 0 atom stereocenters. The predicted octanol–water partition coefficient (Wildman–Crippen LogP) is 2.89. The van der Waals surface area contributed by atoms with Crippen LogP contribution in [0.4, 0.5) is 4.39 Å². The Morgan fingerprint density at radius 2 is 2.12 bits per heavy atom. The smallest absolute Gasteiger partial charge is 0.314 e. The van der Waals surface area contributed by atoms with Crippen LogP contribution in [0.3, 0.4) is 0 Å². The lowest BCUT2D eigenvalue weighted by molar-refractivity contribution is -0.147.